The van der Waals surface area contributed by atoms with Crippen LogP contribution in [0.5, 0.6) is 5.75 Å². The molecule has 0 aromatic heterocycles. The molecule has 0 amide bonds. The van der Waals surface area contributed by atoms with Crippen molar-refractivity contribution in [2.45, 2.75) is 44.7 Å². The van der Waals surface area contributed by atoms with Crippen molar-refractivity contribution >= 4 is 0 Å². The van der Waals surface area contributed by atoms with Crippen LogP contribution in [0.15, 0.2) is 30.3 Å². The van der Waals surface area contributed by atoms with Crippen LogP contribution in [0.4, 0.5) is 0 Å². The minimum absolute atomic E-state index is 0.668. The van der Waals surface area contributed by atoms with Crippen molar-refractivity contribution in [3.63, 3.8) is 0 Å². The van der Waals surface area contributed by atoms with Crippen LogP contribution in [0.1, 0.15) is 32.6 Å². The molecule has 0 spiro atoms. The van der Waals surface area contributed by atoms with Crippen molar-refractivity contribution in [2.24, 2.45) is 5.92 Å². The second kappa shape index (κ2) is 7.28. The molecular formula is C18H28N2O. The minimum atomic E-state index is 0.668. The number of piperazine rings is 1. The van der Waals surface area contributed by atoms with Gasteiger partial charge in [-0.2, -0.15) is 0 Å². The average Bonchev–Trinajstić information content (AvgIpc) is 3.34. The Balaban J connectivity index is 1.50. The lowest BCUT2D eigenvalue weighted by Crippen LogP contribution is -2.58. The molecule has 0 bridgehead atoms. The zero-order valence-electron chi connectivity index (χ0n) is 13.1. The molecule has 1 saturated heterocycles. The van der Waals surface area contributed by atoms with Gasteiger partial charge in [0.2, 0.25) is 0 Å². The zero-order chi connectivity index (χ0) is 14.5. The van der Waals surface area contributed by atoms with Crippen molar-refractivity contribution in [3.05, 3.63) is 30.3 Å². The molecule has 116 valence electrons. The van der Waals surface area contributed by atoms with Crippen LogP contribution in [0, 0.1) is 5.92 Å². The number of benzene rings is 1. The van der Waals surface area contributed by atoms with Crippen LogP contribution in [0.25, 0.3) is 0 Å². The molecule has 1 aromatic rings. The molecule has 3 nitrogen and oxygen atoms in total. The second-order valence-electron chi connectivity index (χ2n) is 6.46. The van der Waals surface area contributed by atoms with E-state index in [0.29, 0.717) is 6.04 Å². The van der Waals surface area contributed by atoms with E-state index in [1.165, 1.54) is 38.8 Å². The second-order valence-corrected chi connectivity index (χ2v) is 6.46. The normalized spacial score (nSPS) is 26.7. The van der Waals surface area contributed by atoms with Crippen LogP contribution < -0.4 is 10.1 Å². The Morgan fingerprint density at radius 2 is 2.05 bits per heavy atom. The van der Waals surface area contributed by atoms with E-state index in [0.717, 1.165) is 30.9 Å². The summed E-state index contributed by atoms with van der Waals surface area (Å²) in [4.78, 5) is 2.68. The fourth-order valence-electron chi connectivity index (χ4n) is 3.44. The fraction of sp³-hybridized carbons (Fsp3) is 0.667. The quantitative estimate of drug-likeness (QED) is 0.835. The van der Waals surface area contributed by atoms with Crippen LogP contribution in [0.2, 0.25) is 0 Å². The first kappa shape index (κ1) is 14.9. The minimum Gasteiger partial charge on any atom is -0.492 e. The van der Waals surface area contributed by atoms with Gasteiger partial charge in [-0.25, -0.2) is 0 Å². The van der Waals surface area contributed by atoms with Gasteiger partial charge in [0, 0.05) is 31.7 Å². The molecule has 2 unspecified atom stereocenters. The number of nitrogens with zero attached hydrogens (tertiary/aromatic N) is 1. The van der Waals surface area contributed by atoms with Crippen molar-refractivity contribution in [1.82, 2.24) is 10.2 Å². The molecule has 21 heavy (non-hydrogen) atoms. The van der Waals surface area contributed by atoms with Gasteiger partial charge in [0.1, 0.15) is 12.4 Å². The first-order valence-electron chi connectivity index (χ1n) is 8.52. The Bertz CT molecular complexity index is 418. The number of ether oxygens (including phenoxy) is 1. The molecule has 1 aromatic carbocycles. The molecule has 1 aliphatic heterocycles. The molecule has 2 atom stereocenters. The predicted octanol–water partition coefficient (Wildman–Crippen LogP) is 2.92. The third-order valence-electron chi connectivity index (χ3n) is 4.73. The van der Waals surface area contributed by atoms with E-state index < -0.39 is 0 Å². The van der Waals surface area contributed by atoms with Gasteiger partial charge in [-0.05, 0) is 37.3 Å². The van der Waals surface area contributed by atoms with Gasteiger partial charge >= 0.3 is 0 Å². The molecule has 1 saturated carbocycles. The summed E-state index contributed by atoms with van der Waals surface area (Å²) in [6.07, 6.45) is 5.38. The van der Waals surface area contributed by atoms with Crippen molar-refractivity contribution in [3.8, 4) is 5.75 Å². The number of para-hydroxylation sites is 1. The lowest BCUT2D eigenvalue weighted by molar-refractivity contribution is 0.0938. The SMILES string of the molecule is CCCC1CN(CCOc2ccccc2)C(C2CC2)CN1. The van der Waals surface area contributed by atoms with Gasteiger partial charge < -0.3 is 10.1 Å². The Morgan fingerprint density at radius 1 is 1.24 bits per heavy atom. The van der Waals surface area contributed by atoms with Crippen LogP contribution in [0.3, 0.4) is 0 Å². The average molecular weight is 288 g/mol. The largest absolute Gasteiger partial charge is 0.492 e. The van der Waals surface area contributed by atoms with E-state index in [1.54, 1.807) is 0 Å². The molecular weight excluding hydrogens is 260 g/mol. The van der Waals surface area contributed by atoms with E-state index in [4.69, 9.17) is 4.74 Å². The molecule has 2 fully saturated rings. The fourth-order valence-corrected chi connectivity index (χ4v) is 3.44. The summed E-state index contributed by atoms with van der Waals surface area (Å²) in [5.74, 6) is 1.91. The highest BCUT2D eigenvalue weighted by Gasteiger charge is 2.38. The summed E-state index contributed by atoms with van der Waals surface area (Å²) in [6, 6.07) is 11.6. The van der Waals surface area contributed by atoms with Crippen LogP contribution >= 0.6 is 0 Å². The Hall–Kier alpha value is -1.06. The lowest BCUT2D eigenvalue weighted by atomic mass is 10.0. The molecule has 3 heteroatoms. The summed E-state index contributed by atoms with van der Waals surface area (Å²) < 4.78 is 5.89. The van der Waals surface area contributed by atoms with Crippen LogP contribution in [-0.4, -0.2) is 43.2 Å². The highest BCUT2D eigenvalue weighted by molar-refractivity contribution is 5.20. The number of hydrogen-bond acceptors (Lipinski definition) is 3. The summed E-state index contributed by atoms with van der Waals surface area (Å²) in [6.45, 7) is 6.48. The molecule has 1 heterocycles. The van der Waals surface area contributed by atoms with Crippen molar-refractivity contribution in [2.75, 3.05) is 26.2 Å². The third-order valence-corrected chi connectivity index (χ3v) is 4.73. The van der Waals surface area contributed by atoms with Crippen molar-refractivity contribution < 1.29 is 4.74 Å². The van der Waals surface area contributed by atoms with Crippen LogP contribution in [-0.2, 0) is 0 Å². The number of nitrogens with one attached hydrogen (secondary N) is 1. The zero-order valence-corrected chi connectivity index (χ0v) is 13.1. The van der Waals surface area contributed by atoms with E-state index in [-0.39, 0.29) is 0 Å². The van der Waals surface area contributed by atoms with Gasteiger partial charge in [0.25, 0.3) is 0 Å². The summed E-state index contributed by atoms with van der Waals surface area (Å²) in [5, 5.41) is 3.75. The van der Waals surface area contributed by atoms with E-state index in [9.17, 15) is 0 Å². The first-order valence-corrected chi connectivity index (χ1v) is 8.52. The predicted molar refractivity (Wildman–Crippen MR) is 86.7 cm³/mol. The van der Waals surface area contributed by atoms with E-state index in [2.05, 4.69) is 17.1 Å². The molecule has 1 N–H and O–H groups in total. The maximum Gasteiger partial charge on any atom is 0.119 e. The number of hydrogen-bond donors (Lipinski definition) is 1. The maximum absolute atomic E-state index is 5.89. The Morgan fingerprint density at radius 3 is 2.76 bits per heavy atom. The first-order chi connectivity index (χ1) is 10.4. The number of rotatable bonds is 7. The molecule has 2 aliphatic rings. The van der Waals surface area contributed by atoms with Gasteiger partial charge in [-0.3, -0.25) is 4.90 Å². The monoisotopic (exact) mass is 288 g/mol. The van der Waals surface area contributed by atoms with Gasteiger partial charge in [0.05, 0.1) is 0 Å². The molecule has 3 rings (SSSR count). The third kappa shape index (κ3) is 4.21. The van der Waals surface area contributed by atoms with E-state index in [1.807, 2.05) is 30.3 Å². The summed E-state index contributed by atoms with van der Waals surface area (Å²) in [5.41, 5.74) is 0. The van der Waals surface area contributed by atoms with Crippen molar-refractivity contribution in [1.29, 1.82) is 0 Å². The summed E-state index contributed by atoms with van der Waals surface area (Å²) in [7, 11) is 0. The highest BCUT2D eigenvalue weighted by Crippen LogP contribution is 2.36. The summed E-state index contributed by atoms with van der Waals surface area (Å²) >= 11 is 0. The smallest absolute Gasteiger partial charge is 0.119 e. The maximum atomic E-state index is 5.89. The van der Waals surface area contributed by atoms with Gasteiger partial charge in [0.15, 0.2) is 0 Å². The lowest BCUT2D eigenvalue weighted by Gasteiger charge is -2.40. The Kier molecular flexibility index (Phi) is 5.15. The topological polar surface area (TPSA) is 24.5 Å². The molecule has 1 aliphatic carbocycles. The molecule has 0 radical (unpaired) electrons. The van der Waals surface area contributed by atoms with Gasteiger partial charge in [-0.15, -0.1) is 0 Å². The van der Waals surface area contributed by atoms with Gasteiger partial charge in [-0.1, -0.05) is 31.5 Å². The highest BCUT2D eigenvalue weighted by atomic mass is 16.5. The van der Waals surface area contributed by atoms with E-state index >= 15 is 0 Å². The Labute approximate surface area is 128 Å². The standard InChI is InChI=1S/C18H28N2O/c1-2-6-16-14-20(18(13-19-16)15-9-10-15)11-12-21-17-7-4-3-5-8-17/h3-5,7-8,15-16,18-19H,2,6,9-14H2,1H3.